The number of thiocarbonyl (C=S) groups is 1. The lowest BCUT2D eigenvalue weighted by atomic mass is 10.1. The number of nitrogens with zero attached hydrogens (tertiary/aromatic N) is 1. The molecule has 1 saturated heterocycles. The van der Waals surface area contributed by atoms with Crippen molar-refractivity contribution >= 4 is 56.7 Å². The van der Waals surface area contributed by atoms with Gasteiger partial charge in [-0.25, -0.2) is 0 Å². The minimum Gasteiger partial charge on any atom is -0.493 e. The minimum absolute atomic E-state index is 0.122. The van der Waals surface area contributed by atoms with Crippen molar-refractivity contribution in [3.63, 3.8) is 0 Å². The Bertz CT molecular complexity index is 1520. The van der Waals surface area contributed by atoms with Gasteiger partial charge in [0.1, 0.15) is 6.61 Å². The van der Waals surface area contributed by atoms with Crippen molar-refractivity contribution in [3.05, 3.63) is 106 Å². The Balaban J connectivity index is 1.36. The third kappa shape index (κ3) is 4.74. The van der Waals surface area contributed by atoms with E-state index in [9.17, 15) is 4.79 Å². The molecule has 0 aliphatic carbocycles. The average molecular weight is 512 g/mol. The Morgan fingerprint density at radius 2 is 1.72 bits per heavy atom. The van der Waals surface area contributed by atoms with Gasteiger partial charge in [-0.15, -0.1) is 0 Å². The van der Waals surface area contributed by atoms with Crippen LogP contribution in [-0.4, -0.2) is 17.3 Å². The number of methoxy groups -OCH3 is 1. The molecule has 1 amide bonds. The summed E-state index contributed by atoms with van der Waals surface area (Å²) >= 11 is 6.84. The van der Waals surface area contributed by atoms with E-state index in [-0.39, 0.29) is 5.91 Å². The van der Waals surface area contributed by atoms with E-state index in [1.54, 1.807) is 12.0 Å². The second-order valence-electron chi connectivity index (χ2n) is 8.62. The van der Waals surface area contributed by atoms with E-state index in [0.29, 0.717) is 27.3 Å². The quantitative estimate of drug-likeness (QED) is 0.199. The number of benzene rings is 4. The molecular formula is C30H25NO3S2. The van der Waals surface area contributed by atoms with Crippen LogP contribution >= 0.6 is 24.0 Å². The van der Waals surface area contributed by atoms with Gasteiger partial charge >= 0.3 is 0 Å². The molecule has 6 heteroatoms. The number of hydrogen-bond donors (Lipinski definition) is 0. The monoisotopic (exact) mass is 511 g/mol. The van der Waals surface area contributed by atoms with Crippen molar-refractivity contribution in [1.82, 2.24) is 0 Å². The number of rotatable bonds is 6. The van der Waals surface area contributed by atoms with Gasteiger partial charge in [-0.3, -0.25) is 9.69 Å². The number of ether oxygens (including phenoxy) is 2. The number of aryl methyl sites for hydroxylation is 2. The lowest BCUT2D eigenvalue weighted by Crippen LogP contribution is -2.27. The molecule has 0 bridgehead atoms. The van der Waals surface area contributed by atoms with Crippen LogP contribution in [0, 0.1) is 13.8 Å². The molecule has 4 nitrogen and oxygen atoms in total. The Morgan fingerprint density at radius 3 is 2.53 bits per heavy atom. The topological polar surface area (TPSA) is 38.8 Å². The van der Waals surface area contributed by atoms with E-state index in [2.05, 4.69) is 24.3 Å². The van der Waals surface area contributed by atoms with Gasteiger partial charge in [0.15, 0.2) is 15.8 Å². The molecule has 180 valence electrons. The van der Waals surface area contributed by atoms with Crippen molar-refractivity contribution in [2.24, 2.45) is 0 Å². The molecule has 36 heavy (non-hydrogen) atoms. The molecule has 1 heterocycles. The number of fused-ring (bicyclic) bond motifs is 1. The van der Waals surface area contributed by atoms with E-state index in [1.165, 1.54) is 28.1 Å². The Labute approximate surface area is 220 Å². The predicted octanol–water partition coefficient (Wildman–Crippen LogP) is 7.45. The van der Waals surface area contributed by atoms with Crippen LogP contribution in [0.4, 0.5) is 5.69 Å². The zero-order chi connectivity index (χ0) is 25.2. The summed E-state index contributed by atoms with van der Waals surface area (Å²) in [6, 6.07) is 26.1. The summed E-state index contributed by atoms with van der Waals surface area (Å²) in [6.45, 7) is 4.50. The summed E-state index contributed by atoms with van der Waals surface area (Å²) < 4.78 is 12.3. The summed E-state index contributed by atoms with van der Waals surface area (Å²) in [5, 5.41) is 2.35. The van der Waals surface area contributed by atoms with Crippen molar-refractivity contribution in [2.45, 2.75) is 20.5 Å². The molecule has 0 spiro atoms. The van der Waals surface area contributed by atoms with E-state index in [1.807, 2.05) is 74.5 Å². The molecule has 0 saturated carbocycles. The van der Waals surface area contributed by atoms with Crippen LogP contribution in [0.3, 0.4) is 0 Å². The predicted molar refractivity (Wildman–Crippen MR) is 153 cm³/mol. The van der Waals surface area contributed by atoms with Crippen molar-refractivity contribution in [2.75, 3.05) is 12.0 Å². The first-order valence-corrected chi connectivity index (χ1v) is 12.8. The molecule has 0 atom stereocenters. The fraction of sp³-hybridized carbons (Fsp3) is 0.133. The Hall–Kier alpha value is -3.61. The molecule has 4 aromatic rings. The highest BCUT2D eigenvalue weighted by Gasteiger charge is 2.33. The highest BCUT2D eigenvalue weighted by atomic mass is 32.2. The third-order valence-electron chi connectivity index (χ3n) is 6.29. The fourth-order valence-corrected chi connectivity index (χ4v) is 5.47. The number of anilines is 1. The number of amides is 1. The van der Waals surface area contributed by atoms with Crippen LogP contribution in [0.5, 0.6) is 11.5 Å². The molecular weight excluding hydrogens is 486 g/mol. The van der Waals surface area contributed by atoms with Crippen molar-refractivity contribution < 1.29 is 14.3 Å². The smallest absolute Gasteiger partial charge is 0.270 e. The Kier molecular flexibility index (Phi) is 6.81. The summed E-state index contributed by atoms with van der Waals surface area (Å²) in [7, 11) is 1.61. The molecule has 1 fully saturated rings. The van der Waals surface area contributed by atoms with Gasteiger partial charge in [0, 0.05) is 0 Å². The Morgan fingerprint density at radius 1 is 0.917 bits per heavy atom. The largest absolute Gasteiger partial charge is 0.493 e. The van der Waals surface area contributed by atoms with E-state index < -0.39 is 0 Å². The van der Waals surface area contributed by atoms with Crippen LogP contribution in [-0.2, 0) is 11.4 Å². The maximum Gasteiger partial charge on any atom is 0.270 e. The minimum atomic E-state index is -0.122. The lowest BCUT2D eigenvalue weighted by Gasteiger charge is -2.16. The van der Waals surface area contributed by atoms with Crippen molar-refractivity contribution in [3.8, 4) is 11.5 Å². The van der Waals surface area contributed by atoms with Crippen LogP contribution < -0.4 is 14.4 Å². The molecule has 0 unspecified atom stereocenters. The third-order valence-corrected chi connectivity index (χ3v) is 7.59. The maximum absolute atomic E-state index is 13.2. The summed E-state index contributed by atoms with van der Waals surface area (Å²) in [4.78, 5) is 15.4. The first kappa shape index (κ1) is 24.1. The number of hydrogen-bond acceptors (Lipinski definition) is 5. The van der Waals surface area contributed by atoms with Crippen molar-refractivity contribution in [1.29, 1.82) is 0 Å². The van der Waals surface area contributed by atoms with Gasteiger partial charge < -0.3 is 9.47 Å². The van der Waals surface area contributed by atoms with Gasteiger partial charge in [0.05, 0.1) is 17.7 Å². The number of carbonyl (C=O) groups is 1. The molecule has 0 aromatic heterocycles. The molecule has 5 rings (SSSR count). The van der Waals surface area contributed by atoms with Crippen LogP contribution in [0.2, 0.25) is 0 Å². The summed E-state index contributed by atoms with van der Waals surface area (Å²) in [6.07, 6.45) is 1.84. The van der Waals surface area contributed by atoms with Gasteiger partial charge in [-0.05, 0) is 77.2 Å². The fourth-order valence-electron chi connectivity index (χ4n) is 4.17. The first-order chi connectivity index (χ1) is 17.4. The second-order valence-corrected chi connectivity index (χ2v) is 10.3. The normalized spacial score (nSPS) is 14.6. The highest BCUT2D eigenvalue weighted by molar-refractivity contribution is 8.27. The molecule has 1 aliphatic heterocycles. The number of thioether (sulfide) groups is 1. The van der Waals surface area contributed by atoms with Crippen LogP contribution in [0.15, 0.2) is 83.8 Å². The summed E-state index contributed by atoms with van der Waals surface area (Å²) in [5.41, 5.74) is 5.03. The van der Waals surface area contributed by atoms with E-state index >= 15 is 0 Å². The zero-order valence-corrected chi connectivity index (χ0v) is 21.9. The van der Waals surface area contributed by atoms with E-state index in [0.717, 1.165) is 22.4 Å². The van der Waals surface area contributed by atoms with Gasteiger partial charge in [0.25, 0.3) is 5.91 Å². The zero-order valence-electron chi connectivity index (χ0n) is 20.3. The SMILES string of the molecule is COc1cc(C=C2SC(=S)N(c3ccc(C)c(C)c3)C2=O)ccc1OCc1cccc2ccccc12. The summed E-state index contributed by atoms with van der Waals surface area (Å²) in [5.74, 6) is 1.13. The number of carbonyl (C=O) groups excluding carboxylic acids is 1. The molecule has 4 aromatic carbocycles. The van der Waals surface area contributed by atoms with E-state index in [4.69, 9.17) is 21.7 Å². The molecule has 0 radical (unpaired) electrons. The average Bonchev–Trinajstić information content (AvgIpc) is 3.17. The second kappa shape index (κ2) is 10.2. The lowest BCUT2D eigenvalue weighted by molar-refractivity contribution is -0.113. The van der Waals surface area contributed by atoms with Gasteiger partial charge in [0.2, 0.25) is 0 Å². The van der Waals surface area contributed by atoms with Gasteiger partial charge in [-0.1, -0.05) is 78.6 Å². The standard InChI is InChI=1S/C30H25NO3S2/c1-19-11-13-24(15-20(19)2)31-29(32)28(36-30(31)35)17-21-12-14-26(27(16-21)33-3)34-18-23-9-6-8-22-7-4-5-10-25(22)23/h4-17H,18H2,1-3H3. The molecule has 1 aliphatic rings. The first-order valence-electron chi connectivity index (χ1n) is 11.6. The van der Waals surface area contributed by atoms with Gasteiger partial charge in [-0.2, -0.15) is 0 Å². The molecule has 0 N–H and O–H groups in total. The maximum atomic E-state index is 13.2. The highest BCUT2D eigenvalue weighted by Crippen LogP contribution is 2.38. The van der Waals surface area contributed by atoms with Crippen LogP contribution in [0.1, 0.15) is 22.3 Å². The van der Waals surface area contributed by atoms with Crippen LogP contribution in [0.25, 0.3) is 16.8 Å².